The lowest BCUT2D eigenvalue weighted by atomic mass is 9.90. The van der Waals surface area contributed by atoms with Crippen LogP contribution in [-0.4, -0.2) is 24.2 Å². The predicted molar refractivity (Wildman–Crippen MR) is 86.4 cm³/mol. The fourth-order valence-electron chi connectivity index (χ4n) is 3.07. The third kappa shape index (κ3) is 5.95. The van der Waals surface area contributed by atoms with Gasteiger partial charge in [0.25, 0.3) is 0 Å². The number of carbonyl (C=O) groups excluding carboxylic acids is 2. The molecule has 0 heterocycles. The molecule has 0 aliphatic heterocycles. The van der Waals surface area contributed by atoms with Crippen LogP contribution in [0, 0.1) is 11.8 Å². The molecule has 0 aromatic carbocycles. The largest absolute Gasteiger partial charge is 0.331 e. The summed E-state index contributed by atoms with van der Waals surface area (Å²) in [5.41, 5.74) is 4.53. The third-order valence-electron chi connectivity index (χ3n) is 4.41. The zero-order chi connectivity index (χ0) is 15.6. The fraction of sp³-hybridized carbons (Fsp3) is 0.750. The van der Waals surface area contributed by atoms with Gasteiger partial charge in [-0.2, -0.15) is 10.2 Å². The van der Waals surface area contributed by atoms with Crippen molar-refractivity contribution in [3.63, 3.8) is 0 Å². The Morgan fingerprint density at radius 2 is 1.05 bits per heavy atom. The SMILES string of the molecule is O=C(N/N=C\C1CCCCC1)C(=O)N/N=C/C1CCCCC1. The summed E-state index contributed by atoms with van der Waals surface area (Å²) in [6.07, 6.45) is 15.3. The molecule has 22 heavy (non-hydrogen) atoms. The van der Waals surface area contributed by atoms with Gasteiger partial charge >= 0.3 is 11.8 Å². The summed E-state index contributed by atoms with van der Waals surface area (Å²) in [7, 11) is 0. The smallest absolute Gasteiger partial charge is 0.262 e. The standard InChI is InChI=1S/C16H26N4O2/c21-15(19-17-11-13-7-3-1-4-8-13)16(22)20-18-12-14-9-5-2-6-10-14/h11-14H,1-10H2,(H,19,21)(H,20,22)/b17-11-,18-12+. The Labute approximate surface area is 131 Å². The van der Waals surface area contributed by atoms with Crippen LogP contribution in [0.4, 0.5) is 0 Å². The van der Waals surface area contributed by atoms with Crippen molar-refractivity contribution in [3.8, 4) is 0 Å². The van der Waals surface area contributed by atoms with E-state index >= 15 is 0 Å². The maximum Gasteiger partial charge on any atom is 0.331 e. The quantitative estimate of drug-likeness (QED) is 0.475. The minimum absolute atomic E-state index is 0.418. The van der Waals surface area contributed by atoms with Crippen LogP contribution in [0.1, 0.15) is 64.2 Å². The number of hydrazone groups is 2. The summed E-state index contributed by atoms with van der Waals surface area (Å²) in [6.45, 7) is 0. The van der Waals surface area contributed by atoms with Gasteiger partial charge in [0.1, 0.15) is 0 Å². The van der Waals surface area contributed by atoms with Crippen LogP contribution >= 0.6 is 0 Å². The van der Waals surface area contributed by atoms with E-state index < -0.39 is 11.8 Å². The summed E-state index contributed by atoms with van der Waals surface area (Å²) < 4.78 is 0. The molecule has 2 amide bonds. The molecule has 0 saturated heterocycles. The average Bonchev–Trinajstić information content (AvgIpc) is 2.56. The summed E-state index contributed by atoms with van der Waals surface area (Å²) in [6, 6.07) is 0. The Hall–Kier alpha value is -1.72. The first kappa shape index (κ1) is 16.6. The van der Waals surface area contributed by atoms with E-state index in [0.29, 0.717) is 11.8 Å². The maximum atomic E-state index is 11.6. The lowest BCUT2D eigenvalue weighted by Gasteiger charge is -2.16. The maximum absolute atomic E-state index is 11.6. The summed E-state index contributed by atoms with van der Waals surface area (Å²) >= 11 is 0. The van der Waals surface area contributed by atoms with Crippen molar-refractivity contribution in [1.29, 1.82) is 0 Å². The summed E-state index contributed by atoms with van der Waals surface area (Å²) in [5, 5.41) is 7.75. The minimum atomic E-state index is -0.771. The Bertz CT molecular complexity index is 382. The van der Waals surface area contributed by atoms with Crippen molar-refractivity contribution in [1.82, 2.24) is 10.9 Å². The number of rotatable bonds is 4. The van der Waals surface area contributed by atoms with E-state index in [1.54, 1.807) is 12.4 Å². The van der Waals surface area contributed by atoms with Gasteiger partial charge in [-0.1, -0.05) is 38.5 Å². The van der Waals surface area contributed by atoms with Gasteiger partial charge in [0.15, 0.2) is 0 Å². The van der Waals surface area contributed by atoms with Gasteiger partial charge < -0.3 is 0 Å². The molecule has 0 aromatic heterocycles. The van der Waals surface area contributed by atoms with E-state index in [4.69, 9.17) is 0 Å². The molecule has 6 heteroatoms. The second kappa shape index (κ2) is 9.33. The average molecular weight is 306 g/mol. The van der Waals surface area contributed by atoms with Crippen LogP contribution in [0.2, 0.25) is 0 Å². The summed E-state index contributed by atoms with van der Waals surface area (Å²) in [4.78, 5) is 23.1. The lowest BCUT2D eigenvalue weighted by molar-refractivity contribution is -0.139. The van der Waals surface area contributed by atoms with Crippen LogP contribution in [0.5, 0.6) is 0 Å². The molecule has 6 nitrogen and oxygen atoms in total. The molecule has 0 unspecified atom stereocenters. The van der Waals surface area contributed by atoms with Gasteiger partial charge in [0, 0.05) is 12.4 Å². The first-order chi connectivity index (χ1) is 10.8. The number of nitrogens with zero attached hydrogens (tertiary/aromatic N) is 2. The van der Waals surface area contributed by atoms with Gasteiger partial charge in [-0.3, -0.25) is 9.59 Å². The van der Waals surface area contributed by atoms with Crippen LogP contribution in [0.25, 0.3) is 0 Å². The molecule has 2 fully saturated rings. The van der Waals surface area contributed by atoms with Crippen molar-refractivity contribution in [2.75, 3.05) is 0 Å². The fourth-order valence-corrected chi connectivity index (χ4v) is 3.07. The van der Waals surface area contributed by atoms with E-state index in [-0.39, 0.29) is 0 Å². The molecule has 122 valence electrons. The number of hydrogen-bond donors (Lipinski definition) is 2. The van der Waals surface area contributed by atoms with Crippen molar-refractivity contribution >= 4 is 24.2 Å². The minimum Gasteiger partial charge on any atom is -0.262 e. The topological polar surface area (TPSA) is 82.9 Å². The van der Waals surface area contributed by atoms with Crippen molar-refractivity contribution in [2.45, 2.75) is 64.2 Å². The van der Waals surface area contributed by atoms with Gasteiger partial charge in [0.05, 0.1) is 0 Å². The number of carbonyl (C=O) groups is 2. The monoisotopic (exact) mass is 306 g/mol. The highest BCUT2D eigenvalue weighted by atomic mass is 16.2. The first-order valence-corrected chi connectivity index (χ1v) is 8.42. The van der Waals surface area contributed by atoms with Gasteiger partial charge in [-0.15, -0.1) is 0 Å². The molecule has 0 aromatic rings. The molecule has 0 atom stereocenters. The van der Waals surface area contributed by atoms with Gasteiger partial charge in [-0.05, 0) is 37.5 Å². The highest BCUT2D eigenvalue weighted by Crippen LogP contribution is 2.22. The Morgan fingerprint density at radius 3 is 1.41 bits per heavy atom. The molecule has 2 N–H and O–H groups in total. The van der Waals surface area contributed by atoms with Crippen LogP contribution < -0.4 is 10.9 Å². The molecule has 0 bridgehead atoms. The number of nitrogens with one attached hydrogen (secondary N) is 2. The van der Waals surface area contributed by atoms with E-state index in [9.17, 15) is 9.59 Å². The van der Waals surface area contributed by atoms with Crippen molar-refractivity contribution < 1.29 is 9.59 Å². The van der Waals surface area contributed by atoms with E-state index in [1.165, 1.54) is 38.5 Å². The van der Waals surface area contributed by atoms with E-state index in [2.05, 4.69) is 21.1 Å². The molecule has 2 rings (SSSR count). The van der Waals surface area contributed by atoms with E-state index in [0.717, 1.165) is 25.7 Å². The number of hydrogen-bond acceptors (Lipinski definition) is 4. The second-order valence-electron chi connectivity index (χ2n) is 6.23. The van der Waals surface area contributed by atoms with Crippen molar-refractivity contribution in [2.24, 2.45) is 22.0 Å². The second-order valence-corrected chi connectivity index (χ2v) is 6.23. The predicted octanol–water partition coefficient (Wildman–Crippen LogP) is 2.35. The van der Waals surface area contributed by atoms with Crippen LogP contribution in [-0.2, 0) is 9.59 Å². The molecular weight excluding hydrogens is 280 g/mol. The molecule has 0 radical (unpaired) electrons. The molecule has 2 aliphatic rings. The summed E-state index contributed by atoms with van der Waals surface area (Å²) in [5.74, 6) is -0.705. The normalized spacial score (nSPS) is 21.3. The van der Waals surface area contributed by atoms with E-state index in [1.807, 2.05) is 0 Å². The van der Waals surface area contributed by atoms with Crippen LogP contribution in [0.15, 0.2) is 10.2 Å². The van der Waals surface area contributed by atoms with Gasteiger partial charge in [-0.25, -0.2) is 10.9 Å². The van der Waals surface area contributed by atoms with Gasteiger partial charge in [0.2, 0.25) is 0 Å². The zero-order valence-electron chi connectivity index (χ0n) is 13.1. The molecular formula is C16H26N4O2. The highest BCUT2D eigenvalue weighted by Gasteiger charge is 2.14. The van der Waals surface area contributed by atoms with Crippen LogP contribution in [0.3, 0.4) is 0 Å². The highest BCUT2D eigenvalue weighted by molar-refractivity contribution is 6.35. The first-order valence-electron chi connectivity index (χ1n) is 8.42. The third-order valence-corrected chi connectivity index (χ3v) is 4.41. The zero-order valence-corrected chi connectivity index (χ0v) is 13.1. The Kier molecular flexibility index (Phi) is 7.06. The van der Waals surface area contributed by atoms with Crippen molar-refractivity contribution in [3.05, 3.63) is 0 Å². The Balaban J connectivity index is 1.64. The molecule has 2 aliphatic carbocycles. The molecule has 2 saturated carbocycles. The molecule has 0 spiro atoms. The number of amides is 2. The lowest BCUT2D eigenvalue weighted by Crippen LogP contribution is -2.35. The Morgan fingerprint density at radius 1 is 0.682 bits per heavy atom.